The summed E-state index contributed by atoms with van der Waals surface area (Å²) in [6, 6.07) is 0. The molecule has 0 aromatic heterocycles. The Morgan fingerprint density at radius 2 is 1.67 bits per heavy atom. The van der Waals surface area contributed by atoms with Gasteiger partial charge in [0, 0.05) is 6.42 Å². The smallest absolute Gasteiger partial charge is 0.158 e. The number of hydrogen-bond acceptors (Lipinski definition) is 1. The molecule has 1 nitrogen and oxygen atoms in total. The van der Waals surface area contributed by atoms with Gasteiger partial charge in [0.15, 0.2) is 5.78 Å². The van der Waals surface area contributed by atoms with Gasteiger partial charge in [-0.15, -0.1) is 0 Å². The van der Waals surface area contributed by atoms with E-state index in [2.05, 4.69) is 27.7 Å². The first-order chi connectivity index (χ1) is 8.46. The van der Waals surface area contributed by atoms with Gasteiger partial charge in [-0.05, 0) is 37.2 Å². The maximum Gasteiger partial charge on any atom is 0.158 e. The van der Waals surface area contributed by atoms with Crippen LogP contribution in [0.25, 0.3) is 0 Å². The van der Waals surface area contributed by atoms with Gasteiger partial charge in [0.05, 0.1) is 0 Å². The van der Waals surface area contributed by atoms with Crippen LogP contribution >= 0.6 is 0 Å². The predicted octanol–water partition coefficient (Wildman–Crippen LogP) is 5.44. The van der Waals surface area contributed by atoms with Crippen LogP contribution in [-0.2, 0) is 4.79 Å². The maximum atomic E-state index is 12.2. The summed E-state index contributed by atoms with van der Waals surface area (Å²) in [6.45, 7) is 8.91. The van der Waals surface area contributed by atoms with Gasteiger partial charge in [0.25, 0.3) is 0 Å². The summed E-state index contributed by atoms with van der Waals surface area (Å²) < 4.78 is 0. The molecular formula is C17H30O. The fraction of sp³-hybridized carbons (Fsp3) is 0.824. The first kappa shape index (κ1) is 15.5. The lowest BCUT2D eigenvalue weighted by Crippen LogP contribution is -2.08. The molecule has 0 atom stereocenters. The van der Waals surface area contributed by atoms with Crippen LogP contribution in [0.5, 0.6) is 0 Å². The van der Waals surface area contributed by atoms with Gasteiger partial charge in [0.1, 0.15) is 0 Å². The summed E-state index contributed by atoms with van der Waals surface area (Å²) in [5.74, 6) is 0.425. The van der Waals surface area contributed by atoms with Crippen LogP contribution in [0, 0.1) is 5.41 Å². The zero-order valence-corrected chi connectivity index (χ0v) is 12.8. The van der Waals surface area contributed by atoms with Crippen molar-refractivity contribution in [3.63, 3.8) is 0 Å². The van der Waals surface area contributed by atoms with E-state index in [0.29, 0.717) is 11.2 Å². The molecule has 0 amide bonds. The van der Waals surface area contributed by atoms with E-state index in [0.717, 1.165) is 31.3 Å². The Bertz CT molecular complexity index is 310. The topological polar surface area (TPSA) is 17.1 Å². The molecule has 0 saturated carbocycles. The predicted molar refractivity (Wildman–Crippen MR) is 78.7 cm³/mol. The number of carbonyl (C=O) groups excluding carboxylic acids is 1. The monoisotopic (exact) mass is 250 g/mol. The minimum atomic E-state index is 0.316. The van der Waals surface area contributed by atoms with Crippen molar-refractivity contribution in [2.24, 2.45) is 5.41 Å². The average Bonchev–Trinajstić information content (AvgIpc) is 2.57. The number of rotatable bonds is 8. The Balaban J connectivity index is 2.23. The van der Waals surface area contributed by atoms with E-state index in [9.17, 15) is 4.79 Å². The highest BCUT2D eigenvalue weighted by Crippen LogP contribution is 2.41. The molecule has 0 spiro atoms. The molecule has 0 aromatic carbocycles. The van der Waals surface area contributed by atoms with E-state index < -0.39 is 0 Å². The number of Topliss-reactive ketones (excluding diaryl/α,β-unsaturated/α-hetero) is 1. The third kappa shape index (κ3) is 4.96. The van der Waals surface area contributed by atoms with Crippen molar-refractivity contribution in [3.05, 3.63) is 11.1 Å². The van der Waals surface area contributed by atoms with Crippen LogP contribution in [0.15, 0.2) is 11.1 Å². The Morgan fingerprint density at radius 1 is 1.06 bits per heavy atom. The first-order valence-corrected chi connectivity index (χ1v) is 7.68. The van der Waals surface area contributed by atoms with E-state index in [4.69, 9.17) is 0 Å². The van der Waals surface area contributed by atoms with E-state index in [1.807, 2.05) is 0 Å². The number of ketones is 1. The lowest BCUT2D eigenvalue weighted by molar-refractivity contribution is -0.115. The van der Waals surface area contributed by atoms with Gasteiger partial charge >= 0.3 is 0 Å². The molecule has 0 aromatic rings. The number of allylic oxidation sites excluding steroid dienone is 2. The highest BCUT2D eigenvalue weighted by molar-refractivity contribution is 5.96. The second-order valence-corrected chi connectivity index (χ2v) is 6.72. The molecular weight excluding hydrogens is 220 g/mol. The summed E-state index contributed by atoms with van der Waals surface area (Å²) in [5.41, 5.74) is 2.81. The van der Waals surface area contributed by atoms with Crippen LogP contribution in [0.4, 0.5) is 0 Å². The number of unbranched alkanes of at least 4 members (excludes halogenated alkanes) is 5. The van der Waals surface area contributed by atoms with Crippen molar-refractivity contribution in [3.8, 4) is 0 Å². The Hall–Kier alpha value is -0.590. The van der Waals surface area contributed by atoms with Crippen LogP contribution < -0.4 is 0 Å². The van der Waals surface area contributed by atoms with Crippen LogP contribution in [0.3, 0.4) is 0 Å². The highest BCUT2D eigenvalue weighted by Gasteiger charge is 2.31. The van der Waals surface area contributed by atoms with Gasteiger partial charge in [-0.3, -0.25) is 4.79 Å². The standard InChI is InChI=1S/C17H30O/c1-5-6-7-8-9-10-11-16(18)15-13-17(3,4)12-14(15)2/h5-13H2,1-4H3. The second kappa shape index (κ2) is 7.11. The molecule has 1 aliphatic carbocycles. The lowest BCUT2D eigenvalue weighted by Gasteiger charge is -2.16. The number of hydrogen-bond donors (Lipinski definition) is 0. The van der Waals surface area contributed by atoms with Crippen molar-refractivity contribution in [2.75, 3.05) is 0 Å². The van der Waals surface area contributed by atoms with Gasteiger partial charge < -0.3 is 0 Å². The molecule has 18 heavy (non-hydrogen) atoms. The molecule has 0 bridgehead atoms. The van der Waals surface area contributed by atoms with Crippen LogP contribution in [0.1, 0.15) is 85.5 Å². The molecule has 104 valence electrons. The third-order valence-electron chi connectivity index (χ3n) is 4.01. The van der Waals surface area contributed by atoms with Crippen molar-refractivity contribution in [1.82, 2.24) is 0 Å². The normalized spacial score (nSPS) is 18.4. The van der Waals surface area contributed by atoms with E-state index in [1.165, 1.54) is 37.7 Å². The molecule has 1 aliphatic rings. The molecule has 1 rings (SSSR count). The fourth-order valence-corrected chi connectivity index (χ4v) is 3.07. The lowest BCUT2D eigenvalue weighted by atomic mass is 9.88. The average molecular weight is 250 g/mol. The van der Waals surface area contributed by atoms with Crippen molar-refractivity contribution < 1.29 is 4.79 Å². The Labute approximate surface area is 113 Å². The van der Waals surface area contributed by atoms with Gasteiger partial charge in [-0.25, -0.2) is 0 Å². The zero-order valence-electron chi connectivity index (χ0n) is 12.8. The minimum absolute atomic E-state index is 0.316. The van der Waals surface area contributed by atoms with Gasteiger partial charge in [-0.2, -0.15) is 0 Å². The SMILES string of the molecule is CCCCCCCCC(=O)C1=C(C)CC(C)(C)C1. The summed E-state index contributed by atoms with van der Waals surface area (Å²) in [4.78, 5) is 12.2. The van der Waals surface area contributed by atoms with Crippen LogP contribution in [-0.4, -0.2) is 5.78 Å². The molecule has 0 heterocycles. The van der Waals surface area contributed by atoms with E-state index in [1.54, 1.807) is 0 Å². The molecule has 0 N–H and O–H groups in total. The van der Waals surface area contributed by atoms with Crippen molar-refractivity contribution in [2.45, 2.75) is 85.5 Å². The Kier molecular flexibility index (Phi) is 6.11. The largest absolute Gasteiger partial charge is 0.295 e. The summed E-state index contributed by atoms with van der Waals surface area (Å²) in [6.07, 6.45) is 10.4. The second-order valence-electron chi connectivity index (χ2n) is 6.72. The molecule has 0 radical (unpaired) electrons. The summed E-state index contributed by atoms with van der Waals surface area (Å²) in [7, 11) is 0. The molecule has 0 aliphatic heterocycles. The van der Waals surface area contributed by atoms with Gasteiger partial charge in [0.2, 0.25) is 0 Å². The minimum Gasteiger partial charge on any atom is -0.295 e. The van der Waals surface area contributed by atoms with Crippen molar-refractivity contribution in [1.29, 1.82) is 0 Å². The molecule has 1 heteroatoms. The fourth-order valence-electron chi connectivity index (χ4n) is 3.07. The maximum absolute atomic E-state index is 12.2. The number of carbonyl (C=O) groups is 1. The summed E-state index contributed by atoms with van der Waals surface area (Å²) in [5, 5.41) is 0. The molecule has 0 saturated heterocycles. The third-order valence-corrected chi connectivity index (χ3v) is 4.01. The van der Waals surface area contributed by atoms with E-state index >= 15 is 0 Å². The van der Waals surface area contributed by atoms with Gasteiger partial charge in [-0.1, -0.05) is 58.4 Å². The Morgan fingerprint density at radius 3 is 2.22 bits per heavy atom. The summed E-state index contributed by atoms with van der Waals surface area (Å²) >= 11 is 0. The van der Waals surface area contributed by atoms with E-state index in [-0.39, 0.29) is 0 Å². The van der Waals surface area contributed by atoms with Crippen LogP contribution in [0.2, 0.25) is 0 Å². The van der Waals surface area contributed by atoms with Crippen molar-refractivity contribution >= 4 is 5.78 Å². The quantitative estimate of drug-likeness (QED) is 0.524. The molecule has 0 unspecified atom stereocenters. The zero-order chi connectivity index (χ0) is 13.6. The molecule has 0 fully saturated rings. The highest BCUT2D eigenvalue weighted by atomic mass is 16.1. The first-order valence-electron chi connectivity index (χ1n) is 7.68.